The number of carbonyl (C=O) groups excluding carboxylic acids is 1. The van der Waals surface area contributed by atoms with E-state index in [1.165, 1.54) is 0 Å². The molecule has 2 N–H and O–H groups in total. The fourth-order valence-electron chi connectivity index (χ4n) is 3.43. The molecule has 1 aromatic rings. The van der Waals surface area contributed by atoms with Crippen LogP contribution in [0.3, 0.4) is 0 Å². The third-order valence-electron chi connectivity index (χ3n) is 4.43. The van der Waals surface area contributed by atoms with Crippen molar-refractivity contribution in [2.24, 2.45) is 11.7 Å². The standard InChI is InChI=1S/C15H21N3O/c16-13-6-5-11(9-13)15(19)18-8-2-4-14(18)12-3-1-7-17-10-12/h1,3,7,10-11,13-14H,2,4-6,8-9,16H2. The second-order valence-corrected chi connectivity index (χ2v) is 5.75. The van der Waals surface area contributed by atoms with E-state index in [1.807, 2.05) is 12.3 Å². The van der Waals surface area contributed by atoms with E-state index in [-0.39, 0.29) is 18.0 Å². The highest BCUT2D eigenvalue weighted by Gasteiger charge is 2.36. The molecule has 0 radical (unpaired) electrons. The lowest BCUT2D eigenvalue weighted by molar-refractivity contribution is -0.136. The molecule has 0 aromatic carbocycles. The van der Waals surface area contributed by atoms with E-state index >= 15 is 0 Å². The van der Waals surface area contributed by atoms with E-state index in [0.29, 0.717) is 5.91 Å². The maximum absolute atomic E-state index is 12.6. The molecular formula is C15H21N3O. The van der Waals surface area contributed by atoms with Gasteiger partial charge < -0.3 is 10.6 Å². The Labute approximate surface area is 114 Å². The largest absolute Gasteiger partial charge is 0.335 e. The first-order valence-electron chi connectivity index (χ1n) is 7.21. The van der Waals surface area contributed by atoms with Gasteiger partial charge in [-0.05, 0) is 43.7 Å². The summed E-state index contributed by atoms with van der Waals surface area (Å²) in [5, 5.41) is 0. The van der Waals surface area contributed by atoms with Crippen LogP contribution < -0.4 is 5.73 Å². The highest BCUT2D eigenvalue weighted by Crippen LogP contribution is 2.35. The smallest absolute Gasteiger partial charge is 0.226 e. The maximum atomic E-state index is 12.6. The van der Waals surface area contributed by atoms with Gasteiger partial charge in [0.05, 0.1) is 6.04 Å². The number of pyridine rings is 1. The molecule has 2 fully saturated rings. The third kappa shape index (κ3) is 2.50. The Balaban J connectivity index is 1.74. The van der Waals surface area contributed by atoms with Gasteiger partial charge in [0.1, 0.15) is 0 Å². The minimum atomic E-state index is 0.146. The van der Waals surface area contributed by atoms with Crippen molar-refractivity contribution in [3.05, 3.63) is 30.1 Å². The Hall–Kier alpha value is -1.42. The van der Waals surface area contributed by atoms with Gasteiger partial charge in [0.15, 0.2) is 0 Å². The van der Waals surface area contributed by atoms with Gasteiger partial charge in [-0.2, -0.15) is 0 Å². The van der Waals surface area contributed by atoms with Crippen LogP contribution in [-0.2, 0) is 4.79 Å². The second kappa shape index (κ2) is 5.29. The van der Waals surface area contributed by atoms with Gasteiger partial charge in [0.2, 0.25) is 5.91 Å². The zero-order valence-electron chi connectivity index (χ0n) is 11.2. The van der Waals surface area contributed by atoms with Crippen LogP contribution >= 0.6 is 0 Å². The minimum Gasteiger partial charge on any atom is -0.335 e. The van der Waals surface area contributed by atoms with Crippen molar-refractivity contribution >= 4 is 5.91 Å². The van der Waals surface area contributed by atoms with Crippen molar-refractivity contribution in [3.63, 3.8) is 0 Å². The zero-order valence-corrected chi connectivity index (χ0v) is 11.2. The molecule has 1 aromatic heterocycles. The Bertz CT molecular complexity index is 448. The zero-order chi connectivity index (χ0) is 13.2. The molecule has 3 rings (SSSR count). The molecule has 3 atom stereocenters. The summed E-state index contributed by atoms with van der Waals surface area (Å²) >= 11 is 0. The van der Waals surface area contributed by atoms with Crippen LogP contribution in [0.15, 0.2) is 24.5 Å². The number of amides is 1. The third-order valence-corrected chi connectivity index (χ3v) is 4.43. The molecule has 19 heavy (non-hydrogen) atoms. The molecule has 1 saturated carbocycles. The SMILES string of the molecule is NC1CCC(C(=O)N2CCCC2c2cccnc2)C1. The summed E-state index contributed by atoms with van der Waals surface area (Å²) in [5.74, 6) is 0.451. The molecule has 3 unspecified atom stereocenters. The summed E-state index contributed by atoms with van der Waals surface area (Å²) in [7, 11) is 0. The van der Waals surface area contributed by atoms with Crippen LogP contribution in [0.1, 0.15) is 43.7 Å². The average Bonchev–Trinajstić information content (AvgIpc) is 3.07. The molecule has 4 heteroatoms. The van der Waals surface area contributed by atoms with Gasteiger partial charge in [-0.3, -0.25) is 9.78 Å². The van der Waals surface area contributed by atoms with Crippen molar-refractivity contribution in [2.75, 3.05) is 6.54 Å². The molecule has 1 saturated heterocycles. The first kappa shape index (κ1) is 12.6. The number of hydrogen-bond donors (Lipinski definition) is 1. The summed E-state index contributed by atoms with van der Waals surface area (Å²) < 4.78 is 0. The highest BCUT2D eigenvalue weighted by molar-refractivity contribution is 5.80. The van der Waals surface area contributed by atoms with E-state index < -0.39 is 0 Å². The molecule has 2 heterocycles. The summed E-state index contributed by atoms with van der Waals surface area (Å²) in [6, 6.07) is 4.46. The lowest BCUT2D eigenvalue weighted by Gasteiger charge is -2.27. The number of aromatic nitrogens is 1. The quantitative estimate of drug-likeness (QED) is 0.882. The predicted molar refractivity (Wildman–Crippen MR) is 73.2 cm³/mol. The van der Waals surface area contributed by atoms with Crippen LogP contribution in [0.4, 0.5) is 0 Å². The molecule has 4 nitrogen and oxygen atoms in total. The Morgan fingerprint density at radius 3 is 2.95 bits per heavy atom. The maximum Gasteiger partial charge on any atom is 0.226 e. The van der Waals surface area contributed by atoms with E-state index in [0.717, 1.165) is 44.2 Å². The van der Waals surface area contributed by atoms with Gasteiger partial charge >= 0.3 is 0 Å². The number of carbonyl (C=O) groups is 1. The molecule has 0 spiro atoms. The number of nitrogens with zero attached hydrogens (tertiary/aromatic N) is 2. The number of likely N-dealkylation sites (tertiary alicyclic amines) is 1. The summed E-state index contributed by atoms with van der Waals surface area (Å²) in [6.45, 7) is 0.879. The lowest BCUT2D eigenvalue weighted by atomic mass is 10.0. The van der Waals surface area contributed by atoms with Crippen molar-refractivity contribution < 1.29 is 4.79 Å². The van der Waals surface area contributed by atoms with Crippen LogP contribution in [0.25, 0.3) is 0 Å². The Morgan fingerprint density at radius 1 is 1.37 bits per heavy atom. The predicted octanol–water partition coefficient (Wildman–Crippen LogP) is 1.87. The van der Waals surface area contributed by atoms with Crippen molar-refractivity contribution in [1.82, 2.24) is 9.88 Å². The van der Waals surface area contributed by atoms with E-state index in [4.69, 9.17) is 5.73 Å². The van der Waals surface area contributed by atoms with Crippen molar-refractivity contribution in [2.45, 2.75) is 44.2 Å². The molecule has 0 bridgehead atoms. The van der Waals surface area contributed by atoms with Crippen LogP contribution in [-0.4, -0.2) is 28.4 Å². The van der Waals surface area contributed by atoms with Crippen molar-refractivity contribution in [3.8, 4) is 0 Å². The summed E-state index contributed by atoms with van der Waals surface area (Å²) in [6.07, 6.45) is 8.60. The fourth-order valence-corrected chi connectivity index (χ4v) is 3.43. The normalized spacial score (nSPS) is 30.8. The monoisotopic (exact) mass is 259 g/mol. The molecule has 102 valence electrons. The van der Waals surface area contributed by atoms with E-state index in [9.17, 15) is 4.79 Å². The van der Waals surface area contributed by atoms with Crippen molar-refractivity contribution in [1.29, 1.82) is 0 Å². The molecule has 1 amide bonds. The van der Waals surface area contributed by atoms with E-state index in [1.54, 1.807) is 6.20 Å². The number of nitrogens with two attached hydrogens (primary N) is 1. The number of hydrogen-bond acceptors (Lipinski definition) is 3. The molecular weight excluding hydrogens is 238 g/mol. The van der Waals surface area contributed by atoms with Gasteiger partial charge in [0.25, 0.3) is 0 Å². The molecule has 1 aliphatic carbocycles. The molecule has 2 aliphatic rings. The average molecular weight is 259 g/mol. The van der Waals surface area contributed by atoms with Crippen LogP contribution in [0.5, 0.6) is 0 Å². The Morgan fingerprint density at radius 2 is 2.26 bits per heavy atom. The van der Waals surface area contributed by atoms with Gasteiger partial charge in [-0.25, -0.2) is 0 Å². The first-order chi connectivity index (χ1) is 9.25. The van der Waals surface area contributed by atoms with Gasteiger partial charge in [-0.15, -0.1) is 0 Å². The van der Waals surface area contributed by atoms with E-state index in [2.05, 4.69) is 16.0 Å². The second-order valence-electron chi connectivity index (χ2n) is 5.75. The first-order valence-corrected chi connectivity index (χ1v) is 7.21. The van der Waals surface area contributed by atoms with Crippen LogP contribution in [0.2, 0.25) is 0 Å². The summed E-state index contributed by atoms with van der Waals surface area (Å²) in [4.78, 5) is 18.9. The fraction of sp³-hybridized carbons (Fsp3) is 0.600. The number of rotatable bonds is 2. The highest BCUT2D eigenvalue weighted by atomic mass is 16.2. The molecule has 1 aliphatic heterocycles. The lowest BCUT2D eigenvalue weighted by Crippen LogP contribution is -2.35. The topological polar surface area (TPSA) is 59.2 Å². The van der Waals surface area contributed by atoms with Gasteiger partial charge in [-0.1, -0.05) is 6.07 Å². The minimum absolute atomic E-state index is 0.146. The summed E-state index contributed by atoms with van der Waals surface area (Å²) in [5.41, 5.74) is 7.09. The van der Waals surface area contributed by atoms with Crippen LogP contribution in [0, 0.1) is 5.92 Å². The van der Waals surface area contributed by atoms with Gasteiger partial charge in [0, 0.05) is 30.9 Å². The Kier molecular flexibility index (Phi) is 3.51.